The van der Waals surface area contributed by atoms with Gasteiger partial charge in [-0.1, -0.05) is 24.3 Å². The Morgan fingerprint density at radius 1 is 0.929 bits per heavy atom. The summed E-state index contributed by atoms with van der Waals surface area (Å²) in [6.45, 7) is -0.533. The van der Waals surface area contributed by atoms with E-state index in [0.29, 0.717) is 11.5 Å². The number of imide groups is 1. The molecule has 4 rings (SSSR count). The molecule has 0 saturated carbocycles. The standard InChI is InChI=1S/C19H15N3O6/c23-16(9-22-18(25)11-5-1-2-6-12(11)19(22)26)20-21-17(24)15-10-27-13-7-3-4-8-14(13)28-15/h1-8,15H,9-10H2,(H,20,23)(H,21,24)/t15-/m0/s1. The lowest BCUT2D eigenvalue weighted by Crippen LogP contribution is -2.53. The molecule has 0 bridgehead atoms. The molecular weight excluding hydrogens is 366 g/mol. The van der Waals surface area contributed by atoms with Crippen LogP contribution in [-0.4, -0.2) is 47.8 Å². The summed E-state index contributed by atoms with van der Waals surface area (Å²) in [5.41, 5.74) is 4.89. The van der Waals surface area contributed by atoms with Gasteiger partial charge >= 0.3 is 0 Å². The number of rotatable bonds is 3. The van der Waals surface area contributed by atoms with Crippen LogP contribution in [0.5, 0.6) is 11.5 Å². The van der Waals surface area contributed by atoms with Crippen molar-refractivity contribution in [2.45, 2.75) is 6.10 Å². The number of carbonyl (C=O) groups is 4. The van der Waals surface area contributed by atoms with Crippen molar-refractivity contribution >= 4 is 23.6 Å². The molecule has 2 aliphatic heterocycles. The Morgan fingerprint density at radius 2 is 1.54 bits per heavy atom. The van der Waals surface area contributed by atoms with Gasteiger partial charge in [0.15, 0.2) is 11.5 Å². The predicted octanol–water partition coefficient (Wildman–Crippen LogP) is 0.270. The minimum Gasteiger partial charge on any atom is -0.485 e. The summed E-state index contributed by atoms with van der Waals surface area (Å²) in [5, 5.41) is 0. The molecule has 2 aromatic rings. The minimum absolute atomic E-state index is 0.0167. The molecule has 142 valence electrons. The van der Waals surface area contributed by atoms with Gasteiger partial charge < -0.3 is 9.47 Å². The lowest BCUT2D eigenvalue weighted by atomic mass is 10.1. The molecule has 0 aromatic heterocycles. The molecule has 2 aliphatic rings. The van der Waals surface area contributed by atoms with Crippen LogP contribution < -0.4 is 20.3 Å². The highest BCUT2D eigenvalue weighted by Gasteiger charge is 2.36. The number of carbonyl (C=O) groups excluding carboxylic acids is 4. The molecule has 0 spiro atoms. The molecule has 0 unspecified atom stereocenters. The van der Waals surface area contributed by atoms with Crippen molar-refractivity contribution in [2.75, 3.05) is 13.2 Å². The van der Waals surface area contributed by atoms with Crippen LogP contribution in [0.15, 0.2) is 48.5 Å². The Balaban J connectivity index is 1.31. The quantitative estimate of drug-likeness (QED) is 0.583. The summed E-state index contributed by atoms with van der Waals surface area (Å²) in [4.78, 5) is 49.6. The molecule has 1 atom stereocenters. The second-order valence-corrected chi connectivity index (χ2v) is 6.14. The van der Waals surface area contributed by atoms with Crippen molar-refractivity contribution in [3.05, 3.63) is 59.7 Å². The van der Waals surface area contributed by atoms with E-state index in [9.17, 15) is 19.2 Å². The zero-order valence-corrected chi connectivity index (χ0v) is 14.5. The van der Waals surface area contributed by atoms with E-state index in [1.165, 1.54) is 12.1 Å². The van der Waals surface area contributed by atoms with Crippen molar-refractivity contribution in [1.29, 1.82) is 0 Å². The first-order valence-electron chi connectivity index (χ1n) is 8.47. The first-order valence-corrected chi connectivity index (χ1v) is 8.47. The highest BCUT2D eigenvalue weighted by atomic mass is 16.6. The average Bonchev–Trinajstić information content (AvgIpc) is 2.97. The van der Waals surface area contributed by atoms with Crippen LogP contribution in [-0.2, 0) is 9.59 Å². The van der Waals surface area contributed by atoms with E-state index < -0.39 is 36.3 Å². The maximum Gasteiger partial charge on any atom is 0.283 e. The maximum atomic E-state index is 12.2. The van der Waals surface area contributed by atoms with E-state index in [1.54, 1.807) is 36.4 Å². The number of hydrogen-bond acceptors (Lipinski definition) is 6. The third-order valence-corrected chi connectivity index (χ3v) is 4.31. The van der Waals surface area contributed by atoms with Gasteiger partial charge in [-0.3, -0.25) is 34.9 Å². The zero-order chi connectivity index (χ0) is 19.7. The summed E-state index contributed by atoms with van der Waals surface area (Å²) < 4.78 is 11.0. The fraction of sp³-hybridized carbons (Fsp3) is 0.158. The Morgan fingerprint density at radius 3 is 2.21 bits per heavy atom. The number of para-hydroxylation sites is 2. The lowest BCUT2D eigenvalue weighted by molar-refractivity contribution is -0.135. The van der Waals surface area contributed by atoms with E-state index in [4.69, 9.17) is 9.47 Å². The fourth-order valence-corrected chi connectivity index (χ4v) is 2.93. The third-order valence-electron chi connectivity index (χ3n) is 4.31. The number of fused-ring (bicyclic) bond motifs is 2. The van der Waals surface area contributed by atoms with Gasteiger partial charge in [-0.15, -0.1) is 0 Å². The van der Waals surface area contributed by atoms with Crippen molar-refractivity contribution < 1.29 is 28.7 Å². The number of nitrogens with zero attached hydrogens (tertiary/aromatic N) is 1. The van der Waals surface area contributed by atoms with Gasteiger partial charge in [-0.2, -0.15) is 0 Å². The van der Waals surface area contributed by atoms with Gasteiger partial charge in [-0.05, 0) is 24.3 Å². The summed E-state index contributed by atoms with van der Waals surface area (Å²) >= 11 is 0. The van der Waals surface area contributed by atoms with E-state index in [0.717, 1.165) is 4.90 Å². The topological polar surface area (TPSA) is 114 Å². The molecule has 28 heavy (non-hydrogen) atoms. The van der Waals surface area contributed by atoms with Crippen LogP contribution in [0.1, 0.15) is 20.7 Å². The summed E-state index contributed by atoms with van der Waals surface area (Å²) in [5.74, 6) is -1.50. The number of ether oxygens (including phenoxy) is 2. The first-order chi connectivity index (χ1) is 13.5. The van der Waals surface area contributed by atoms with Crippen LogP contribution in [0.2, 0.25) is 0 Å². The molecule has 9 heteroatoms. The highest BCUT2D eigenvalue weighted by Crippen LogP contribution is 2.30. The predicted molar refractivity (Wildman–Crippen MR) is 94.4 cm³/mol. The van der Waals surface area contributed by atoms with Gasteiger partial charge in [0.1, 0.15) is 13.2 Å². The summed E-state index contributed by atoms with van der Waals surface area (Å²) in [6.07, 6.45) is -0.950. The molecule has 2 N–H and O–H groups in total. The van der Waals surface area contributed by atoms with Gasteiger partial charge in [0, 0.05) is 0 Å². The van der Waals surface area contributed by atoms with Gasteiger partial charge in [0.05, 0.1) is 11.1 Å². The largest absolute Gasteiger partial charge is 0.485 e. The maximum absolute atomic E-state index is 12.2. The molecule has 9 nitrogen and oxygen atoms in total. The lowest BCUT2D eigenvalue weighted by Gasteiger charge is -2.25. The molecule has 0 aliphatic carbocycles. The van der Waals surface area contributed by atoms with E-state index in [1.807, 2.05) is 0 Å². The number of nitrogens with one attached hydrogen (secondary N) is 2. The number of hydrazine groups is 1. The molecule has 0 saturated heterocycles. The number of amides is 4. The number of benzene rings is 2. The first kappa shape index (κ1) is 17.5. The Labute approximate surface area is 159 Å². The Bertz CT molecular complexity index is 954. The van der Waals surface area contributed by atoms with Crippen LogP contribution in [0.3, 0.4) is 0 Å². The molecule has 0 radical (unpaired) electrons. The SMILES string of the molecule is O=C(CN1C(=O)c2ccccc2C1=O)NNC(=O)[C@@H]1COc2ccccc2O1. The Kier molecular flexibility index (Phi) is 4.40. The average molecular weight is 381 g/mol. The number of hydrogen-bond donors (Lipinski definition) is 2. The normalized spacial score (nSPS) is 17.1. The van der Waals surface area contributed by atoms with Crippen LogP contribution in [0, 0.1) is 0 Å². The fourth-order valence-electron chi connectivity index (χ4n) is 2.93. The van der Waals surface area contributed by atoms with Crippen LogP contribution in [0.25, 0.3) is 0 Å². The molecule has 0 fully saturated rings. The second kappa shape index (κ2) is 7.03. The molecule has 4 amide bonds. The van der Waals surface area contributed by atoms with E-state index >= 15 is 0 Å². The zero-order valence-electron chi connectivity index (χ0n) is 14.5. The molecular formula is C19H15N3O6. The van der Waals surface area contributed by atoms with Gasteiger partial charge in [-0.25, -0.2) is 0 Å². The molecule has 2 heterocycles. The monoisotopic (exact) mass is 381 g/mol. The highest BCUT2D eigenvalue weighted by molar-refractivity contribution is 6.22. The van der Waals surface area contributed by atoms with Crippen LogP contribution in [0.4, 0.5) is 0 Å². The minimum atomic E-state index is -0.950. The summed E-state index contributed by atoms with van der Waals surface area (Å²) in [6, 6.07) is 13.2. The molecule has 2 aromatic carbocycles. The smallest absolute Gasteiger partial charge is 0.283 e. The third kappa shape index (κ3) is 3.13. The van der Waals surface area contributed by atoms with Crippen molar-refractivity contribution in [3.8, 4) is 11.5 Å². The van der Waals surface area contributed by atoms with Gasteiger partial charge in [0.25, 0.3) is 23.6 Å². The van der Waals surface area contributed by atoms with E-state index in [2.05, 4.69) is 10.9 Å². The Hall–Kier alpha value is -3.88. The summed E-state index contributed by atoms with van der Waals surface area (Å²) in [7, 11) is 0. The van der Waals surface area contributed by atoms with E-state index in [-0.39, 0.29) is 17.7 Å². The van der Waals surface area contributed by atoms with Crippen molar-refractivity contribution in [1.82, 2.24) is 15.8 Å². The van der Waals surface area contributed by atoms with Crippen LogP contribution >= 0.6 is 0 Å². The van der Waals surface area contributed by atoms with Crippen molar-refractivity contribution in [3.63, 3.8) is 0 Å². The second-order valence-electron chi connectivity index (χ2n) is 6.14. The van der Waals surface area contributed by atoms with Gasteiger partial charge in [0.2, 0.25) is 6.10 Å². The van der Waals surface area contributed by atoms with Crippen molar-refractivity contribution in [2.24, 2.45) is 0 Å².